The molecule has 146 valence electrons. The van der Waals surface area contributed by atoms with Crippen molar-refractivity contribution in [3.63, 3.8) is 0 Å². The molecule has 0 atom stereocenters. The summed E-state index contributed by atoms with van der Waals surface area (Å²) in [4.78, 5) is 11.6. The zero-order valence-electron chi connectivity index (χ0n) is 15.5. The minimum atomic E-state index is -0.305. The molecule has 0 amide bonds. The van der Waals surface area contributed by atoms with Crippen molar-refractivity contribution in [2.45, 2.75) is 25.9 Å². The predicted molar refractivity (Wildman–Crippen MR) is 102 cm³/mol. The van der Waals surface area contributed by atoms with Crippen molar-refractivity contribution >= 4 is 17.0 Å². The Kier molecular flexibility index (Phi) is 4.25. The SMILES string of the molecule is OCc1nc2c(cnn2-c2ccc(F)cc2)nc1N1CCC2(CCOC2)CC1. The lowest BCUT2D eigenvalue weighted by Gasteiger charge is -2.39. The van der Waals surface area contributed by atoms with Crippen LogP contribution in [0.15, 0.2) is 30.5 Å². The molecule has 1 spiro atoms. The number of ether oxygens (including phenoxy) is 1. The van der Waals surface area contributed by atoms with E-state index in [9.17, 15) is 9.50 Å². The first-order chi connectivity index (χ1) is 13.7. The number of hydrogen-bond acceptors (Lipinski definition) is 6. The summed E-state index contributed by atoms with van der Waals surface area (Å²) in [5.41, 5.74) is 2.75. The number of nitrogens with zero attached hydrogens (tertiary/aromatic N) is 5. The van der Waals surface area contributed by atoms with E-state index in [4.69, 9.17) is 9.72 Å². The van der Waals surface area contributed by atoms with Crippen molar-refractivity contribution in [3.05, 3.63) is 42.0 Å². The molecule has 7 nitrogen and oxygen atoms in total. The molecule has 2 aliphatic rings. The van der Waals surface area contributed by atoms with Crippen molar-refractivity contribution in [3.8, 4) is 5.69 Å². The van der Waals surface area contributed by atoms with Crippen molar-refractivity contribution in [2.24, 2.45) is 5.41 Å². The van der Waals surface area contributed by atoms with Crippen molar-refractivity contribution < 1.29 is 14.2 Å². The van der Waals surface area contributed by atoms with Crippen LogP contribution < -0.4 is 4.90 Å². The van der Waals surface area contributed by atoms with Crippen LogP contribution >= 0.6 is 0 Å². The molecule has 4 heterocycles. The monoisotopic (exact) mass is 383 g/mol. The predicted octanol–water partition coefficient (Wildman–Crippen LogP) is 2.45. The lowest BCUT2D eigenvalue weighted by molar-refractivity contribution is 0.133. The van der Waals surface area contributed by atoms with Gasteiger partial charge in [0.1, 0.15) is 17.0 Å². The fourth-order valence-corrected chi connectivity index (χ4v) is 4.24. The fourth-order valence-electron chi connectivity index (χ4n) is 4.24. The highest BCUT2D eigenvalue weighted by atomic mass is 19.1. The van der Waals surface area contributed by atoms with Gasteiger partial charge in [0, 0.05) is 19.7 Å². The summed E-state index contributed by atoms with van der Waals surface area (Å²) in [5, 5.41) is 14.3. The molecule has 2 aliphatic heterocycles. The molecule has 0 bridgehead atoms. The first-order valence-electron chi connectivity index (χ1n) is 9.62. The van der Waals surface area contributed by atoms with Crippen molar-refractivity contribution in [2.75, 3.05) is 31.2 Å². The number of aliphatic hydroxyl groups excluding tert-OH is 1. The maximum absolute atomic E-state index is 13.2. The fraction of sp³-hybridized carbons (Fsp3) is 0.450. The highest BCUT2D eigenvalue weighted by molar-refractivity contribution is 5.74. The number of halogens is 1. The Hall–Kier alpha value is -2.58. The highest BCUT2D eigenvalue weighted by Gasteiger charge is 2.38. The number of anilines is 1. The Morgan fingerprint density at radius 2 is 1.89 bits per heavy atom. The van der Waals surface area contributed by atoms with E-state index in [0.29, 0.717) is 28.0 Å². The van der Waals surface area contributed by atoms with Crippen molar-refractivity contribution in [1.82, 2.24) is 19.7 Å². The van der Waals surface area contributed by atoms with Crippen LogP contribution in [0.5, 0.6) is 0 Å². The van der Waals surface area contributed by atoms with Gasteiger partial charge in [-0.05, 0) is 48.9 Å². The second-order valence-corrected chi connectivity index (χ2v) is 7.68. The first-order valence-corrected chi connectivity index (χ1v) is 9.62. The molecule has 28 heavy (non-hydrogen) atoms. The molecule has 2 saturated heterocycles. The summed E-state index contributed by atoms with van der Waals surface area (Å²) in [5.74, 6) is 0.419. The van der Waals surface area contributed by atoms with Gasteiger partial charge >= 0.3 is 0 Å². The molecular weight excluding hydrogens is 361 g/mol. The third-order valence-electron chi connectivity index (χ3n) is 5.98. The average molecular weight is 383 g/mol. The van der Waals surface area contributed by atoms with Crippen LogP contribution in [-0.2, 0) is 11.3 Å². The molecule has 8 heteroatoms. The van der Waals surface area contributed by atoms with Gasteiger partial charge in [0.25, 0.3) is 0 Å². The molecule has 1 N–H and O–H groups in total. The number of benzene rings is 1. The Morgan fingerprint density at radius 3 is 2.57 bits per heavy atom. The Bertz CT molecular complexity index is 988. The zero-order chi connectivity index (χ0) is 19.1. The molecule has 3 aromatic rings. The number of aliphatic hydroxyl groups is 1. The van der Waals surface area contributed by atoms with E-state index in [1.54, 1.807) is 23.0 Å². The quantitative estimate of drug-likeness (QED) is 0.749. The van der Waals surface area contributed by atoms with Crippen LogP contribution in [0.4, 0.5) is 10.2 Å². The second kappa shape index (κ2) is 6.79. The number of piperidine rings is 1. The summed E-state index contributed by atoms with van der Waals surface area (Å²) in [7, 11) is 0. The summed E-state index contributed by atoms with van der Waals surface area (Å²) < 4.78 is 20.5. The maximum atomic E-state index is 13.2. The molecule has 0 unspecified atom stereocenters. The van der Waals surface area contributed by atoms with Crippen LogP contribution in [0.2, 0.25) is 0 Å². The van der Waals surface area contributed by atoms with Gasteiger partial charge in [0.2, 0.25) is 0 Å². The molecule has 0 aliphatic carbocycles. The molecule has 2 fully saturated rings. The number of hydrogen-bond donors (Lipinski definition) is 1. The van der Waals surface area contributed by atoms with Gasteiger partial charge in [-0.15, -0.1) is 0 Å². The minimum absolute atomic E-state index is 0.197. The molecule has 0 radical (unpaired) electrons. The summed E-state index contributed by atoms with van der Waals surface area (Å²) >= 11 is 0. The third kappa shape index (κ3) is 2.93. The van der Waals surface area contributed by atoms with Gasteiger partial charge in [-0.2, -0.15) is 5.10 Å². The number of rotatable bonds is 3. The van der Waals surface area contributed by atoms with Gasteiger partial charge in [0.05, 0.1) is 25.1 Å². The van der Waals surface area contributed by atoms with E-state index < -0.39 is 0 Å². The van der Waals surface area contributed by atoms with E-state index in [2.05, 4.69) is 15.0 Å². The summed E-state index contributed by atoms with van der Waals surface area (Å²) in [6, 6.07) is 6.05. The molecule has 0 saturated carbocycles. The number of fused-ring (bicyclic) bond motifs is 1. The molecule has 5 rings (SSSR count). The van der Waals surface area contributed by atoms with Crippen LogP contribution in [0.25, 0.3) is 16.9 Å². The summed E-state index contributed by atoms with van der Waals surface area (Å²) in [6.07, 6.45) is 4.91. The van der Waals surface area contributed by atoms with E-state index in [0.717, 1.165) is 51.4 Å². The Balaban J connectivity index is 1.48. The van der Waals surface area contributed by atoms with Crippen LogP contribution in [0.3, 0.4) is 0 Å². The number of aromatic nitrogens is 4. The van der Waals surface area contributed by atoms with E-state index in [-0.39, 0.29) is 12.4 Å². The van der Waals surface area contributed by atoms with Crippen LogP contribution in [0, 0.1) is 11.2 Å². The second-order valence-electron chi connectivity index (χ2n) is 7.68. The van der Waals surface area contributed by atoms with Crippen LogP contribution in [-0.4, -0.2) is 51.2 Å². The average Bonchev–Trinajstić information content (AvgIpc) is 3.35. The van der Waals surface area contributed by atoms with E-state index in [1.807, 2.05) is 0 Å². The lowest BCUT2D eigenvalue weighted by Crippen LogP contribution is -2.41. The minimum Gasteiger partial charge on any atom is -0.390 e. The molecular formula is C20H22FN5O2. The van der Waals surface area contributed by atoms with Gasteiger partial charge in [-0.3, -0.25) is 0 Å². The topological polar surface area (TPSA) is 76.3 Å². The third-order valence-corrected chi connectivity index (χ3v) is 5.98. The van der Waals surface area contributed by atoms with Gasteiger partial charge in [-0.25, -0.2) is 19.0 Å². The summed E-state index contributed by atoms with van der Waals surface area (Å²) in [6.45, 7) is 3.27. The largest absolute Gasteiger partial charge is 0.390 e. The van der Waals surface area contributed by atoms with Gasteiger partial charge in [-0.1, -0.05) is 0 Å². The van der Waals surface area contributed by atoms with Crippen LogP contribution in [0.1, 0.15) is 25.0 Å². The smallest absolute Gasteiger partial charge is 0.182 e. The Labute approximate surface area is 161 Å². The van der Waals surface area contributed by atoms with Crippen molar-refractivity contribution in [1.29, 1.82) is 0 Å². The lowest BCUT2D eigenvalue weighted by atomic mass is 9.78. The van der Waals surface area contributed by atoms with E-state index in [1.165, 1.54) is 12.1 Å². The molecule has 2 aromatic heterocycles. The molecule has 1 aromatic carbocycles. The normalized spacial score (nSPS) is 19.0. The van der Waals surface area contributed by atoms with Gasteiger partial charge < -0.3 is 14.7 Å². The van der Waals surface area contributed by atoms with E-state index >= 15 is 0 Å². The standard InChI is InChI=1S/C20H22FN5O2/c21-14-1-3-15(4-2-14)26-19-16(11-22-26)23-18(17(12-27)24-19)25-8-5-20(6-9-25)7-10-28-13-20/h1-4,11,27H,5-10,12-13H2. The first kappa shape index (κ1) is 17.5. The van der Waals surface area contributed by atoms with Gasteiger partial charge in [0.15, 0.2) is 11.5 Å². The highest BCUT2D eigenvalue weighted by Crippen LogP contribution is 2.40. The zero-order valence-corrected chi connectivity index (χ0v) is 15.5. The Morgan fingerprint density at radius 1 is 1.11 bits per heavy atom. The maximum Gasteiger partial charge on any atom is 0.182 e.